The number of carboxylic acid groups (broad SMARTS) is 1. The Morgan fingerprint density at radius 3 is 2.90 bits per heavy atom. The number of carboxylic acids is 1. The molecule has 0 aliphatic carbocycles. The second-order valence-electron chi connectivity index (χ2n) is 4.01. The van der Waals surface area contributed by atoms with E-state index < -0.39 is 16.0 Å². The number of hydrogen-bond donors (Lipinski definition) is 2. The molecule has 2 N–H and O–H groups in total. The van der Waals surface area contributed by atoms with Crippen LogP contribution in [0.3, 0.4) is 0 Å². The number of aliphatic carboxylic acids is 1. The lowest BCUT2D eigenvalue weighted by Gasteiger charge is -2.01. The Kier molecular flexibility index (Phi) is 3.74. The van der Waals surface area contributed by atoms with Crippen LogP contribution in [0, 0.1) is 6.92 Å². The van der Waals surface area contributed by atoms with Crippen molar-refractivity contribution in [1.82, 2.24) is 14.9 Å². The van der Waals surface area contributed by atoms with Crippen LogP contribution < -0.4 is 4.72 Å². The van der Waals surface area contributed by atoms with Crippen LogP contribution in [-0.2, 0) is 21.4 Å². The molecular formula is C10H12N4O5S. The maximum Gasteiger partial charge on any atom is 0.305 e. The maximum absolute atomic E-state index is 12.0. The molecule has 0 bridgehead atoms. The van der Waals surface area contributed by atoms with Crippen molar-refractivity contribution in [1.29, 1.82) is 0 Å². The minimum Gasteiger partial charge on any atom is -0.481 e. The van der Waals surface area contributed by atoms with Crippen LogP contribution in [-0.4, -0.2) is 34.4 Å². The third kappa shape index (κ3) is 3.35. The molecule has 2 rings (SSSR count). The Morgan fingerprint density at radius 1 is 1.55 bits per heavy atom. The molecule has 0 fully saturated rings. The molecule has 0 aliphatic heterocycles. The normalized spacial score (nSPS) is 11.4. The maximum atomic E-state index is 12.0. The van der Waals surface area contributed by atoms with Crippen molar-refractivity contribution in [3.8, 4) is 0 Å². The van der Waals surface area contributed by atoms with Gasteiger partial charge >= 0.3 is 5.97 Å². The fourth-order valence-corrected chi connectivity index (χ4v) is 2.36. The number of aryl methyl sites for hydroxylation is 2. The van der Waals surface area contributed by atoms with Crippen LogP contribution in [0.15, 0.2) is 27.9 Å². The van der Waals surface area contributed by atoms with Crippen molar-refractivity contribution in [2.75, 3.05) is 4.72 Å². The number of nitrogens with one attached hydrogen (secondary N) is 1. The predicted octanol–water partition coefficient (Wildman–Crippen LogP) is 0.455. The summed E-state index contributed by atoms with van der Waals surface area (Å²) in [6.07, 6.45) is 2.24. The molecule has 20 heavy (non-hydrogen) atoms. The molecule has 0 aliphatic rings. The van der Waals surface area contributed by atoms with Gasteiger partial charge in [-0.3, -0.25) is 14.2 Å². The van der Waals surface area contributed by atoms with Crippen molar-refractivity contribution in [2.45, 2.75) is 24.8 Å². The van der Waals surface area contributed by atoms with Crippen LogP contribution in [0.25, 0.3) is 0 Å². The molecule has 2 aromatic rings. The largest absolute Gasteiger partial charge is 0.481 e. The minimum absolute atomic E-state index is 0.0702. The van der Waals surface area contributed by atoms with Crippen molar-refractivity contribution in [2.24, 2.45) is 0 Å². The Balaban J connectivity index is 2.11. The summed E-state index contributed by atoms with van der Waals surface area (Å²) in [7, 11) is -3.82. The number of aromatic nitrogens is 3. The van der Waals surface area contributed by atoms with E-state index >= 15 is 0 Å². The molecule has 108 valence electrons. The topological polar surface area (TPSA) is 127 Å². The van der Waals surface area contributed by atoms with E-state index in [0.717, 1.165) is 6.20 Å². The highest BCUT2D eigenvalue weighted by Crippen LogP contribution is 2.15. The van der Waals surface area contributed by atoms with Crippen LogP contribution >= 0.6 is 0 Å². The van der Waals surface area contributed by atoms with Gasteiger partial charge in [-0.25, -0.2) is 8.42 Å². The van der Waals surface area contributed by atoms with Gasteiger partial charge < -0.3 is 9.63 Å². The molecule has 0 amide bonds. The first-order valence-electron chi connectivity index (χ1n) is 5.57. The van der Waals surface area contributed by atoms with Gasteiger partial charge in [0.15, 0.2) is 5.82 Å². The number of anilines is 1. The Morgan fingerprint density at radius 2 is 2.30 bits per heavy atom. The van der Waals surface area contributed by atoms with Gasteiger partial charge in [0.25, 0.3) is 10.0 Å². The molecule has 2 heterocycles. The van der Waals surface area contributed by atoms with Gasteiger partial charge in [0.1, 0.15) is 10.7 Å². The van der Waals surface area contributed by atoms with E-state index in [1.807, 2.05) is 0 Å². The summed E-state index contributed by atoms with van der Waals surface area (Å²) in [6, 6.07) is 1.44. The second-order valence-corrected chi connectivity index (χ2v) is 5.69. The number of hydrogen-bond acceptors (Lipinski definition) is 6. The molecule has 10 heteroatoms. The summed E-state index contributed by atoms with van der Waals surface area (Å²) < 4.78 is 32.2. The van der Waals surface area contributed by atoms with E-state index in [-0.39, 0.29) is 23.7 Å². The van der Waals surface area contributed by atoms with Crippen molar-refractivity contribution in [3.63, 3.8) is 0 Å². The standard InChI is InChI=1S/C10H12N4O5S/c1-7-4-9(12-19-7)13-20(17,18)8-5-11-14(6-8)3-2-10(15)16/h4-6H,2-3H2,1H3,(H,12,13)(H,15,16). The summed E-state index contributed by atoms with van der Waals surface area (Å²) in [5.74, 6) is -0.443. The lowest BCUT2D eigenvalue weighted by molar-refractivity contribution is -0.137. The molecule has 0 aromatic carbocycles. The summed E-state index contributed by atoms with van der Waals surface area (Å²) in [5.41, 5.74) is 0. The molecule has 0 spiro atoms. The van der Waals surface area contributed by atoms with Crippen molar-refractivity contribution >= 4 is 21.8 Å². The molecule has 0 saturated heterocycles. The first-order valence-corrected chi connectivity index (χ1v) is 7.05. The highest BCUT2D eigenvalue weighted by Gasteiger charge is 2.18. The third-order valence-corrected chi connectivity index (χ3v) is 3.65. The summed E-state index contributed by atoms with van der Waals surface area (Å²) in [4.78, 5) is 10.3. The summed E-state index contributed by atoms with van der Waals surface area (Å²) >= 11 is 0. The SMILES string of the molecule is Cc1cc(NS(=O)(=O)c2cnn(CCC(=O)O)c2)no1. The number of carbonyl (C=O) groups is 1. The zero-order valence-electron chi connectivity index (χ0n) is 10.5. The summed E-state index contributed by atoms with van der Waals surface area (Å²) in [5, 5.41) is 15.9. The van der Waals surface area contributed by atoms with Gasteiger partial charge in [0.05, 0.1) is 19.2 Å². The van der Waals surface area contributed by atoms with Crippen molar-refractivity contribution in [3.05, 3.63) is 24.2 Å². The summed E-state index contributed by atoms with van der Waals surface area (Å²) in [6.45, 7) is 1.72. The molecule has 9 nitrogen and oxygen atoms in total. The Hall–Kier alpha value is -2.36. The molecular weight excluding hydrogens is 288 g/mol. The van der Waals surface area contributed by atoms with E-state index in [2.05, 4.69) is 15.0 Å². The van der Waals surface area contributed by atoms with E-state index in [1.54, 1.807) is 6.92 Å². The van der Waals surface area contributed by atoms with E-state index in [1.165, 1.54) is 16.9 Å². The highest BCUT2D eigenvalue weighted by atomic mass is 32.2. The lowest BCUT2D eigenvalue weighted by atomic mass is 10.4. The van der Waals surface area contributed by atoms with Crippen molar-refractivity contribution < 1.29 is 22.8 Å². The fraction of sp³-hybridized carbons (Fsp3) is 0.300. The lowest BCUT2D eigenvalue weighted by Crippen LogP contribution is -2.12. The predicted molar refractivity (Wildman–Crippen MR) is 66.5 cm³/mol. The van der Waals surface area contributed by atoms with Gasteiger partial charge in [-0.1, -0.05) is 5.16 Å². The first kappa shape index (κ1) is 14.1. The second kappa shape index (κ2) is 5.33. The number of rotatable bonds is 6. The quantitative estimate of drug-likeness (QED) is 0.792. The molecule has 0 unspecified atom stereocenters. The zero-order chi connectivity index (χ0) is 14.8. The van der Waals surface area contributed by atoms with E-state index in [0.29, 0.717) is 5.76 Å². The number of nitrogens with zero attached hydrogens (tertiary/aromatic N) is 3. The van der Waals surface area contributed by atoms with Gasteiger partial charge in [-0.15, -0.1) is 0 Å². The van der Waals surface area contributed by atoms with Gasteiger partial charge in [0, 0.05) is 12.3 Å². The zero-order valence-corrected chi connectivity index (χ0v) is 11.3. The van der Waals surface area contributed by atoms with Crippen LogP contribution in [0.1, 0.15) is 12.2 Å². The average molecular weight is 300 g/mol. The Labute approximate surface area is 114 Å². The van der Waals surface area contributed by atoms with Gasteiger partial charge in [-0.2, -0.15) is 5.10 Å². The monoisotopic (exact) mass is 300 g/mol. The third-order valence-electron chi connectivity index (χ3n) is 2.34. The molecule has 0 radical (unpaired) electrons. The van der Waals surface area contributed by atoms with Gasteiger partial charge in [-0.05, 0) is 6.92 Å². The van der Waals surface area contributed by atoms with Gasteiger partial charge in [0.2, 0.25) is 0 Å². The van der Waals surface area contributed by atoms with Crippen LogP contribution in [0.4, 0.5) is 5.82 Å². The first-order chi connectivity index (χ1) is 9.37. The highest BCUT2D eigenvalue weighted by molar-refractivity contribution is 7.92. The Bertz CT molecular complexity index is 718. The average Bonchev–Trinajstić information content (AvgIpc) is 2.95. The molecule has 2 aromatic heterocycles. The van der Waals surface area contributed by atoms with Crippen LogP contribution in [0.5, 0.6) is 0 Å². The number of sulfonamides is 1. The van der Waals surface area contributed by atoms with E-state index in [9.17, 15) is 13.2 Å². The minimum atomic E-state index is -3.82. The fourth-order valence-electron chi connectivity index (χ4n) is 1.43. The molecule has 0 saturated carbocycles. The molecule has 0 atom stereocenters. The smallest absolute Gasteiger partial charge is 0.305 e. The van der Waals surface area contributed by atoms with Crippen LogP contribution in [0.2, 0.25) is 0 Å². The van der Waals surface area contributed by atoms with E-state index in [4.69, 9.17) is 9.63 Å².